The Bertz CT molecular complexity index is 459. The topological polar surface area (TPSA) is 77.8 Å². The van der Waals surface area contributed by atoms with Crippen LogP contribution in [0.25, 0.3) is 0 Å². The zero-order valence-electron chi connectivity index (χ0n) is 13.9. The van der Waals surface area contributed by atoms with Gasteiger partial charge in [-0.15, -0.1) is 0 Å². The van der Waals surface area contributed by atoms with E-state index in [2.05, 4.69) is 32.6 Å². The van der Waals surface area contributed by atoms with E-state index in [0.717, 1.165) is 0 Å². The summed E-state index contributed by atoms with van der Waals surface area (Å²) < 4.78 is 0. The van der Waals surface area contributed by atoms with Gasteiger partial charge in [-0.25, -0.2) is 9.59 Å². The molecular weight excluding hydrogens is 270 g/mol. The maximum atomic E-state index is 11.7. The molecule has 1 saturated heterocycles. The first-order chi connectivity index (χ1) is 9.44. The number of hydrogen-bond acceptors (Lipinski definition) is 3. The maximum Gasteiger partial charge on any atom is 0.332 e. The minimum absolute atomic E-state index is 0.0312. The molecule has 0 aliphatic carbocycles. The molecule has 0 atom stereocenters. The van der Waals surface area contributed by atoms with Crippen LogP contribution in [-0.4, -0.2) is 45.2 Å². The molecule has 5 heteroatoms. The standard InChI is InChI=1S/C16H27NO4/c1-7-11(13(18)19)12(14(20)21)10-8-15(2,3)17(6)16(4,5)9-10/h10H,7-9H2,1-6H3,(H,18,19)(H,20,21)/b12-11-. The Morgan fingerprint density at radius 1 is 1.05 bits per heavy atom. The monoisotopic (exact) mass is 297 g/mol. The largest absolute Gasteiger partial charge is 0.478 e. The first kappa shape index (κ1) is 17.7. The number of carboxylic acids is 2. The number of likely N-dealkylation sites (tertiary alicyclic amines) is 1. The molecule has 1 rings (SSSR count). The van der Waals surface area contributed by atoms with E-state index >= 15 is 0 Å². The Labute approximate surface area is 126 Å². The van der Waals surface area contributed by atoms with Crippen molar-refractivity contribution in [3.8, 4) is 0 Å². The van der Waals surface area contributed by atoms with Crippen LogP contribution in [0.4, 0.5) is 0 Å². The molecule has 0 saturated carbocycles. The second-order valence-corrected chi connectivity index (χ2v) is 7.15. The van der Waals surface area contributed by atoms with Crippen LogP contribution in [0.1, 0.15) is 53.9 Å². The van der Waals surface area contributed by atoms with Crippen molar-refractivity contribution in [3.63, 3.8) is 0 Å². The molecule has 0 aromatic rings. The van der Waals surface area contributed by atoms with Gasteiger partial charge in [0.1, 0.15) is 0 Å². The van der Waals surface area contributed by atoms with Crippen LogP contribution in [0, 0.1) is 5.92 Å². The molecule has 0 amide bonds. The minimum Gasteiger partial charge on any atom is -0.478 e. The van der Waals surface area contributed by atoms with Gasteiger partial charge in [0, 0.05) is 16.7 Å². The third kappa shape index (κ3) is 3.46. The first-order valence-electron chi connectivity index (χ1n) is 7.37. The van der Waals surface area contributed by atoms with Crippen LogP contribution >= 0.6 is 0 Å². The number of nitrogens with zero attached hydrogens (tertiary/aromatic N) is 1. The number of rotatable bonds is 4. The lowest BCUT2D eigenvalue weighted by molar-refractivity contribution is -0.137. The summed E-state index contributed by atoms with van der Waals surface area (Å²) in [6.07, 6.45) is 1.51. The Morgan fingerprint density at radius 3 is 1.76 bits per heavy atom. The van der Waals surface area contributed by atoms with E-state index in [0.29, 0.717) is 12.8 Å². The maximum absolute atomic E-state index is 11.7. The highest BCUT2D eigenvalue weighted by atomic mass is 16.4. The number of hydrogen-bond donors (Lipinski definition) is 2. The number of carboxylic acid groups (broad SMARTS) is 2. The molecule has 0 aromatic heterocycles. The number of piperidine rings is 1. The van der Waals surface area contributed by atoms with Crippen molar-refractivity contribution in [2.75, 3.05) is 7.05 Å². The van der Waals surface area contributed by atoms with Gasteiger partial charge in [0.2, 0.25) is 0 Å². The van der Waals surface area contributed by atoms with Gasteiger partial charge in [-0.2, -0.15) is 0 Å². The van der Waals surface area contributed by atoms with Crippen molar-refractivity contribution in [1.29, 1.82) is 0 Å². The molecule has 0 bridgehead atoms. The van der Waals surface area contributed by atoms with Gasteiger partial charge in [0.05, 0.1) is 5.57 Å². The predicted octanol–water partition coefficient (Wildman–Crippen LogP) is 2.76. The smallest absolute Gasteiger partial charge is 0.332 e. The Kier molecular flexibility index (Phi) is 4.88. The zero-order valence-corrected chi connectivity index (χ0v) is 13.9. The first-order valence-corrected chi connectivity index (χ1v) is 7.37. The number of aliphatic carboxylic acids is 2. The summed E-state index contributed by atoms with van der Waals surface area (Å²) in [4.78, 5) is 25.3. The number of carbonyl (C=O) groups is 2. The van der Waals surface area contributed by atoms with Gasteiger partial charge >= 0.3 is 11.9 Å². The summed E-state index contributed by atoms with van der Waals surface area (Å²) in [7, 11) is 2.04. The van der Waals surface area contributed by atoms with Crippen LogP contribution in [-0.2, 0) is 9.59 Å². The van der Waals surface area contributed by atoms with Crippen LogP contribution in [0.2, 0.25) is 0 Å². The summed E-state index contributed by atoms with van der Waals surface area (Å²) in [5.74, 6) is -2.46. The lowest BCUT2D eigenvalue weighted by Gasteiger charge is -2.54. The average molecular weight is 297 g/mol. The van der Waals surface area contributed by atoms with Crippen molar-refractivity contribution in [2.45, 2.75) is 65.0 Å². The van der Waals surface area contributed by atoms with Gasteiger partial charge in [0.15, 0.2) is 0 Å². The van der Waals surface area contributed by atoms with E-state index < -0.39 is 11.9 Å². The Balaban J connectivity index is 3.35. The normalized spacial score (nSPS) is 23.5. The summed E-state index contributed by atoms with van der Waals surface area (Å²) in [5, 5.41) is 18.9. The zero-order chi connectivity index (χ0) is 16.6. The van der Waals surface area contributed by atoms with Crippen molar-refractivity contribution in [3.05, 3.63) is 11.1 Å². The highest BCUT2D eigenvalue weighted by molar-refractivity contribution is 5.99. The quantitative estimate of drug-likeness (QED) is 0.780. The van der Waals surface area contributed by atoms with Crippen molar-refractivity contribution in [2.24, 2.45) is 5.92 Å². The van der Waals surface area contributed by atoms with Gasteiger partial charge in [-0.05, 0) is 59.9 Å². The van der Waals surface area contributed by atoms with Gasteiger partial charge < -0.3 is 10.2 Å². The Hall–Kier alpha value is -1.36. The molecule has 0 radical (unpaired) electrons. The minimum atomic E-state index is -1.12. The third-order valence-corrected chi connectivity index (χ3v) is 4.88. The van der Waals surface area contributed by atoms with Crippen LogP contribution < -0.4 is 0 Å². The van der Waals surface area contributed by atoms with E-state index in [9.17, 15) is 19.8 Å². The fraction of sp³-hybridized carbons (Fsp3) is 0.750. The molecule has 0 aromatic carbocycles. The van der Waals surface area contributed by atoms with Gasteiger partial charge in [-0.1, -0.05) is 6.92 Å². The molecule has 1 fully saturated rings. The predicted molar refractivity (Wildman–Crippen MR) is 81.2 cm³/mol. The van der Waals surface area contributed by atoms with Crippen LogP contribution in [0.5, 0.6) is 0 Å². The Morgan fingerprint density at radius 2 is 1.48 bits per heavy atom. The van der Waals surface area contributed by atoms with E-state index in [-0.39, 0.29) is 34.6 Å². The van der Waals surface area contributed by atoms with Crippen molar-refractivity contribution < 1.29 is 19.8 Å². The molecule has 21 heavy (non-hydrogen) atoms. The van der Waals surface area contributed by atoms with E-state index in [1.54, 1.807) is 6.92 Å². The molecule has 2 N–H and O–H groups in total. The molecular formula is C16H27NO4. The fourth-order valence-corrected chi connectivity index (χ4v) is 3.58. The fourth-order valence-electron chi connectivity index (χ4n) is 3.58. The lowest BCUT2D eigenvalue weighted by atomic mass is 9.70. The van der Waals surface area contributed by atoms with Crippen molar-refractivity contribution >= 4 is 11.9 Å². The second-order valence-electron chi connectivity index (χ2n) is 7.15. The van der Waals surface area contributed by atoms with E-state index in [1.807, 2.05) is 7.05 Å². The van der Waals surface area contributed by atoms with E-state index in [4.69, 9.17) is 0 Å². The molecule has 1 heterocycles. The highest BCUT2D eigenvalue weighted by Gasteiger charge is 2.45. The van der Waals surface area contributed by atoms with E-state index in [1.165, 1.54) is 0 Å². The van der Waals surface area contributed by atoms with Crippen LogP contribution in [0.3, 0.4) is 0 Å². The molecule has 1 aliphatic heterocycles. The molecule has 5 nitrogen and oxygen atoms in total. The molecule has 0 unspecified atom stereocenters. The molecule has 0 spiro atoms. The summed E-state index contributed by atoms with van der Waals surface area (Å²) in [6.45, 7) is 10.00. The SMILES string of the molecule is CC/C(C(=O)O)=C(/C(=O)O)C1CC(C)(C)N(C)C(C)(C)C1. The van der Waals surface area contributed by atoms with Gasteiger partial charge in [-0.3, -0.25) is 4.90 Å². The third-order valence-electron chi connectivity index (χ3n) is 4.88. The summed E-state index contributed by atoms with van der Waals surface area (Å²) in [5.41, 5.74) is -0.238. The average Bonchev–Trinajstić information content (AvgIpc) is 2.30. The van der Waals surface area contributed by atoms with Crippen molar-refractivity contribution in [1.82, 2.24) is 4.90 Å². The van der Waals surface area contributed by atoms with Crippen LogP contribution in [0.15, 0.2) is 11.1 Å². The second kappa shape index (κ2) is 5.79. The molecule has 120 valence electrons. The highest BCUT2D eigenvalue weighted by Crippen LogP contribution is 2.43. The summed E-state index contributed by atoms with van der Waals surface area (Å²) >= 11 is 0. The lowest BCUT2D eigenvalue weighted by Crippen LogP contribution is -2.59. The summed E-state index contributed by atoms with van der Waals surface area (Å²) in [6, 6.07) is 0. The van der Waals surface area contributed by atoms with Gasteiger partial charge in [0.25, 0.3) is 0 Å². The molecule has 1 aliphatic rings.